The molecule has 0 saturated heterocycles. The van der Waals surface area contributed by atoms with E-state index in [2.05, 4.69) is 43.8 Å². The highest BCUT2D eigenvalue weighted by Gasteiger charge is 2.62. The fourth-order valence-electron chi connectivity index (χ4n) is 7.94. The van der Waals surface area contributed by atoms with Crippen molar-refractivity contribution in [1.29, 1.82) is 0 Å². The van der Waals surface area contributed by atoms with Crippen molar-refractivity contribution in [2.75, 3.05) is 14.2 Å². The number of fused-ring (bicyclic) bond motifs is 5. The van der Waals surface area contributed by atoms with E-state index in [0.717, 1.165) is 18.8 Å². The van der Waals surface area contributed by atoms with E-state index in [0.29, 0.717) is 29.3 Å². The first-order valence-electron chi connectivity index (χ1n) is 12.0. The molecule has 0 aliphatic heterocycles. The minimum Gasteiger partial charge on any atom is -0.415 e. The summed E-state index contributed by atoms with van der Waals surface area (Å²) in [7, 11) is 1.88. The topological polar surface area (TPSA) is 52.4 Å². The molecule has 3 unspecified atom stereocenters. The molecule has 0 amide bonds. The molecule has 30 heavy (non-hydrogen) atoms. The van der Waals surface area contributed by atoms with Gasteiger partial charge in [-0.1, -0.05) is 24.2 Å². The third-order valence-electron chi connectivity index (χ3n) is 9.00. The summed E-state index contributed by atoms with van der Waals surface area (Å²) in [5.74, 6) is 2.62. The lowest BCUT2D eigenvalue weighted by Crippen LogP contribution is -2.58. The van der Waals surface area contributed by atoms with Crippen LogP contribution in [0.15, 0.2) is 10.3 Å². The average molecular weight is 435 g/mol. The fourth-order valence-corrected chi connectivity index (χ4v) is 9.15. The molecule has 0 aromatic heterocycles. The summed E-state index contributed by atoms with van der Waals surface area (Å²) >= 11 is 0. The van der Waals surface area contributed by atoms with E-state index < -0.39 is 8.32 Å². The van der Waals surface area contributed by atoms with Gasteiger partial charge in [-0.3, -0.25) is 0 Å². The zero-order chi connectivity index (χ0) is 21.7. The quantitative estimate of drug-likeness (QED) is 0.411. The third kappa shape index (κ3) is 3.66. The smallest absolute Gasteiger partial charge is 0.184 e. The lowest BCUT2D eigenvalue weighted by atomic mass is 9.44. The molecule has 4 fully saturated rings. The Balaban J connectivity index is 1.64. The second-order valence-corrected chi connectivity index (χ2v) is 16.2. The minimum atomic E-state index is -1.50. The van der Waals surface area contributed by atoms with Crippen molar-refractivity contribution in [2.24, 2.45) is 44.8 Å². The Bertz CT molecular complexity index is 718. The summed E-state index contributed by atoms with van der Waals surface area (Å²) in [5, 5.41) is 9.14. The molecule has 4 rings (SSSR count). The largest absolute Gasteiger partial charge is 0.415 e. The van der Waals surface area contributed by atoms with Crippen LogP contribution in [0.25, 0.3) is 0 Å². The van der Waals surface area contributed by atoms with E-state index in [9.17, 15) is 0 Å². The van der Waals surface area contributed by atoms with Crippen LogP contribution in [0.3, 0.4) is 0 Å². The molecule has 4 aliphatic rings. The molecule has 0 aromatic rings. The molecule has 4 aliphatic carbocycles. The number of hydrogen-bond acceptors (Lipinski definition) is 5. The number of nitrogens with zero attached hydrogens (tertiary/aromatic N) is 2. The Hall–Kier alpha value is -0.883. The molecular formula is C24H42N2O3Si. The number of hydrogen-bond donors (Lipinski definition) is 0. The molecule has 0 radical (unpaired) electrons. The highest BCUT2D eigenvalue weighted by atomic mass is 28.4. The normalized spacial score (nSPS) is 46.3. The lowest BCUT2D eigenvalue weighted by molar-refractivity contribution is -0.0720. The zero-order valence-electron chi connectivity index (χ0n) is 20.2. The van der Waals surface area contributed by atoms with Gasteiger partial charge in [-0.15, -0.1) is 0 Å². The molecule has 0 bridgehead atoms. The first kappa shape index (κ1) is 22.3. The highest BCUT2D eigenvalue weighted by molar-refractivity contribution is 6.69. The predicted octanol–water partition coefficient (Wildman–Crippen LogP) is 5.86. The minimum absolute atomic E-state index is 0.0654. The average Bonchev–Trinajstić information content (AvgIpc) is 2.97. The summed E-state index contributed by atoms with van der Waals surface area (Å²) in [4.78, 5) is 10.7. The molecule has 0 spiro atoms. The van der Waals surface area contributed by atoms with Crippen molar-refractivity contribution in [3.8, 4) is 0 Å². The van der Waals surface area contributed by atoms with Gasteiger partial charge < -0.3 is 14.1 Å². The van der Waals surface area contributed by atoms with Gasteiger partial charge in [0.25, 0.3) is 0 Å². The molecule has 5 nitrogen and oxygen atoms in total. The van der Waals surface area contributed by atoms with Crippen molar-refractivity contribution in [3.05, 3.63) is 0 Å². The van der Waals surface area contributed by atoms with Crippen LogP contribution in [0.1, 0.15) is 65.2 Å². The van der Waals surface area contributed by atoms with Crippen LogP contribution in [0.4, 0.5) is 0 Å². The maximum Gasteiger partial charge on any atom is 0.184 e. The third-order valence-corrected chi connectivity index (χ3v) is 10.0. The summed E-state index contributed by atoms with van der Waals surface area (Å²) in [6, 6.07) is 0. The summed E-state index contributed by atoms with van der Waals surface area (Å²) in [6.07, 6.45) is 10.0. The van der Waals surface area contributed by atoms with Crippen molar-refractivity contribution in [2.45, 2.75) is 91.0 Å². The van der Waals surface area contributed by atoms with Crippen molar-refractivity contribution in [3.63, 3.8) is 0 Å². The first-order valence-corrected chi connectivity index (χ1v) is 15.4. The lowest BCUT2D eigenvalue weighted by Gasteiger charge is -2.60. The molecule has 4 saturated carbocycles. The maximum atomic E-state index is 6.56. The van der Waals surface area contributed by atoms with Gasteiger partial charge in [0.2, 0.25) is 0 Å². The van der Waals surface area contributed by atoms with E-state index >= 15 is 0 Å². The van der Waals surface area contributed by atoms with E-state index in [1.54, 1.807) is 14.2 Å². The van der Waals surface area contributed by atoms with Gasteiger partial charge in [0.1, 0.15) is 14.2 Å². The van der Waals surface area contributed by atoms with Gasteiger partial charge in [-0.25, -0.2) is 0 Å². The summed E-state index contributed by atoms with van der Waals surface area (Å²) in [5.41, 5.74) is 2.89. The van der Waals surface area contributed by atoms with Crippen LogP contribution in [0.5, 0.6) is 0 Å². The highest BCUT2D eigenvalue weighted by Crippen LogP contribution is 2.65. The molecule has 170 valence electrons. The maximum absolute atomic E-state index is 6.56. The van der Waals surface area contributed by atoms with E-state index in [1.807, 2.05) is 0 Å². The van der Waals surface area contributed by atoms with Crippen LogP contribution in [-0.4, -0.2) is 40.1 Å². The first-order chi connectivity index (χ1) is 14.1. The Labute approximate surface area is 184 Å². The molecule has 7 atom stereocenters. The van der Waals surface area contributed by atoms with Gasteiger partial charge in [0, 0.05) is 23.9 Å². The Morgan fingerprint density at radius 2 is 1.70 bits per heavy atom. The Morgan fingerprint density at radius 3 is 2.37 bits per heavy atom. The van der Waals surface area contributed by atoms with Crippen LogP contribution < -0.4 is 0 Å². The number of oxime groups is 2. The second kappa shape index (κ2) is 7.91. The zero-order valence-corrected chi connectivity index (χ0v) is 21.2. The predicted molar refractivity (Wildman–Crippen MR) is 124 cm³/mol. The standard InChI is InChI=1S/C24H42N2O3Si/c1-23-13-12-17(29-30(5,6)7)14-16(23)8-9-18-19-10-11-21(26-28-4)24(19,2)15-20(22(18)23)25-27-3/h16-19,22H,8-15H2,1-7H3/b25-20+,26-21+/t16-,17-,18?,19?,22?,23+,24+/m1/s1. The van der Waals surface area contributed by atoms with Gasteiger partial charge in [-0.05, 0) is 87.8 Å². The van der Waals surface area contributed by atoms with Gasteiger partial charge >= 0.3 is 0 Å². The molecule has 0 aromatic carbocycles. The summed E-state index contributed by atoms with van der Waals surface area (Å²) in [6.45, 7) is 11.9. The SMILES string of the molecule is CO/N=C1\C[C@]2(C)/C(=N/OC)CCC2C2CC[C@@H]3C[C@H](O[Si](C)(C)C)CC[C@]3(C)C12. The monoisotopic (exact) mass is 434 g/mol. The van der Waals surface area contributed by atoms with E-state index in [1.165, 1.54) is 49.9 Å². The van der Waals surface area contributed by atoms with Crippen LogP contribution >= 0.6 is 0 Å². The second-order valence-electron chi connectivity index (χ2n) is 11.8. The molecular weight excluding hydrogens is 392 g/mol. The van der Waals surface area contributed by atoms with Gasteiger partial charge in [0.05, 0.1) is 11.4 Å². The van der Waals surface area contributed by atoms with E-state index in [-0.39, 0.29) is 5.41 Å². The van der Waals surface area contributed by atoms with Crippen molar-refractivity contribution in [1.82, 2.24) is 0 Å². The van der Waals surface area contributed by atoms with E-state index in [4.69, 9.17) is 14.1 Å². The van der Waals surface area contributed by atoms with Gasteiger partial charge in [-0.2, -0.15) is 0 Å². The Kier molecular flexibility index (Phi) is 5.89. The van der Waals surface area contributed by atoms with Crippen molar-refractivity contribution >= 4 is 19.7 Å². The Morgan fingerprint density at radius 1 is 0.967 bits per heavy atom. The van der Waals surface area contributed by atoms with Gasteiger partial charge in [0.15, 0.2) is 8.32 Å². The molecule has 6 heteroatoms. The van der Waals surface area contributed by atoms with Crippen LogP contribution in [-0.2, 0) is 14.1 Å². The summed E-state index contributed by atoms with van der Waals surface area (Å²) < 4.78 is 6.56. The molecule has 0 N–H and O–H groups in total. The fraction of sp³-hybridized carbons (Fsp3) is 0.917. The van der Waals surface area contributed by atoms with Crippen molar-refractivity contribution < 1.29 is 14.1 Å². The number of rotatable bonds is 4. The van der Waals surface area contributed by atoms with Crippen LogP contribution in [0, 0.1) is 34.5 Å². The molecule has 0 heterocycles. The van der Waals surface area contributed by atoms with Crippen LogP contribution in [0.2, 0.25) is 19.6 Å².